The van der Waals surface area contributed by atoms with Gasteiger partial charge in [-0.15, -0.1) is 0 Å². The third-order valence-corrected chi connectivity index (χ3v) is 4.28. The first-order valence-electron chi connectivity index (χ1n) is 7.48. The second-order valence-corrected chi connectivity index (χ2v) is 7.58. The molecule has 0 atom stereocenters. The highest BCUT2D eigenvalue weighted by Crippen LogP contribution is 2.20. The lowest BCUT2D eigenvalue weighted by Gasteiger charge is -2.20. The smallest absolute Gasteiger partial charge is 0.265 e. The van der Waals surface area contributed by atoms with E-state index in [0.717, 1.165) is 21.1 Å². The molecule has 0 N–H and O–H groups in total. The van der Waals surface area contributed by atoms with Crippen LogP contribution in [0, 0.1) is 6.92 Å². The van der Waals surface area contributed by atoms with Crippen LogP contribution in [0.2, 0.25) is 0 Å². The van der Waals surface area contributed by atoms with Crippen molar-refractivity contribution < 1.29 is 0 Å². The fourth-order valence-electron chi connectivity index (χ4n) is 2.60. The molecule has 120 valence electrons. The molecule has 2 heterocycles. The Kier molecular flexibility index (Phi) is 3.88. The molecule has 0 saturated carbocycles. The third kappa shape index (κ3) is 2.95. The molecule has 0 bridgehead atoms. The lowest BCUT2D eigenvalue weighted by atomic mass is 10.1. The number of aromatic nitrogens is 4. The lowest BCUT2D eigenvalue weighted by Crippen LogP contribution is -2.30. The van der Waals surface area contributed by atoms with Gasteiger partial charge in [0.15, 0.2) is 0 Å². The number of halogens is 1. The highest BCUT2D eigenvalue weighted by atomic mass is 79.9. The van der Waals surface area contributed by atoms with Crippen molar-refractivity contribution in [1.82, 2.24) is 19.6 Å². The van der Waals surface area contributed by atoms with Crippen molar-refractivity contribution in [3.8, 4) is 0 Å². The first-order chi connectivity index (χ1) is 10.8. The largest absolute Gasteiger partial charge is 0.293 e. The van der Waals surface area contributed by atoms with E-state index in [1.54, 1.807) is 10.9 Å². The minimum Gasteiger partial charge on any atom is -0.265 e. The molecule has 0 saturated heterocycles. The van der Waals surface area contributed by atoms with Gasteiger partial charge in [-0.3, -0.25) is 9.48 Å². The van der Waals surface area contributed by atoms with Crippen LogP contribution in [0.25, 0.3) is 10.9 Å². The molecule has 23 heavy (non-hydrogen) atoms. The number of fused-ring (bicyclic) bond motifs is 1. The van der Waals surface area contributed by atoms with Gasteiger partial charge in [0.2, 0.25) is 0 Å². The lowest BCUT2D eigenvalue weighted by molar-refractivity contribution is 0.366. The molecule has 3 rings (SSSR count). The van der Waals surface area contributed by atoms with Crippen molar-refractivity contribution >= 4 is 26.8 Å². The van der Waals surface area contributed by atoms with Crippen molar-refractivity contribution in [2.45, 2.75) is 39.8 Å². The Morgan fingerprint density at radius 2 is 1.83 bits per heavy atom. The SMILES string of the molecule is Cc1nn(Cc2ccc(Br)cc2)c(=O)c2c1cnn2C(C)(C)C. The Bertz CT molecular complexity index is 917. The summed E-state index contributed by atoms with van der Waals surface area (Å²) < 4.78 is 4.32. The quantitative estimate of drug-likeness (QED) is 0.689. The molecule has 0 aliphatic carbocycles. The molecule has 1 aromatic carbocycles. The van der Waals surface area contributed by atoms with Crippen LogP contribution in [0.4, 0.5) is 0 Å². The number of rotatable bonds is 2. The average molecular weight is 375 g/mol. The number of hydrogen-bond acceptors (Lipinski definition) is 3. The first-order valence-corrected chi connectivity index (χ1v) is 8.27. The summed E-state index contributed by atoms with van der Waals surface area (Å²) in [7, 11) is 0. The summed E-state index contributed by atoms with van der Waals surface area (Å²) in [4.78, 5) is 12.9. The Labute approximate surface area is 143 Å². The van der Waals surface area contributed by atoms with Crippen molar-refractivity contribution in [2.24, 2.45) is 0 Å². The monoisotopic (exact) mass is 374 g/mol. The zero-order chi connectivity index (χ0) is 16.8. The molecule has 6 heteroatoms. The minimum absolute atomic E-state index is 0.110. The van der Waals surface area contributed by atoms with Gasteiger partial charge in [0.1, 0.15) is 5.52 Å². The van der Waals surface area contributed by atoms with E-state index in [9.17, 15) is 4.79 Å². The maximum Gasteiger partial charge on any atom is 0.293 e. The molecular weight excluding hydrogens is 356 g/mol. The van der Waals surface area contributed by atoms with Crippen LogP contribution in [-0.4, -0.2) is 19.6 Å². The molecule has 0 radical (unpaired) electrons. The normalized spacial score (nSPS) is 12.0. The van der Waals surface area contributed by atoms with E-state index in [0.29, 0.717) is 12.1 Å². The third-order valence-electron chi connectivity index (χ3n) is 3.75. The van der Waals surface area contributed by atoms with Crippen LogP contribution in [-0.2, 0) is 12.1 Å². The van der Waals surface area contributed by atoms with Gasteiger partial charge in [0.05, 0.1) is 24.0 Å². The molecule has 0 unspecified atom stereocenters. The van der Waals surface area contributed by atoms with Crippen molar-refractivity contribution in [3.63, 3.8) is 0 Å². The Balaban J connectivity index is 2.17. The molecule has 2 aromatic heterocycles. The van der Waals surface area contributed by atoms with Crippen molar-refractivity contribution in [3.05, 3.63) is 56.5 Å². The number of hydrogen-bond donors (Lipinski definition) is 0. The second-order valence-electron chi connectivity index (χ2n) is 6.66. The second kappa shape index (κ2) is 5.60. The summed E-state index contributed by atoms with van der Waals surface area (Å²) in [6.45, 7) is 8.46. The van der Waals surface area contributed by atoms with Crippen LogP contribution in [0.5, 0.6) is 0 Å². The predicted molar refractivity (Wildman–Crippen MR) is 94.8 cm³/mol. The highest BCUT2D eigenvalue weighted by Gasteiger charge is 2.21. The zero-order valence-electron chi connectivity index (χ0n) is 13.7. The summed E-state index contributed by atoms with van der Waals surface area (Å²) in [5.74, 6) is 0. The number of aryl methyl sites for hydroxylation is 1. The summed E-state index contributed by atoms with van der Waals surface area (Å²) in [5, 5.41) is 9.67. The van der Waals surface area contributed by atoms with Gasteiger partial charge in [0.25, 0.3) is 5.56 Å². The van der Waals surface area contributed by atoms with Crippen LogP contribution in [0.1, 0.15) is 32.0 Å². The molecular formula is C17H19BrN4O. The van der Waals surface area contributed by atoms with Gasteiger partial charge in [0, 0.05) is 9.86 Å². The van der Waals surface area contributed by atoms with Gasteiger partial charge < -0.3 is 0 Å². The fourth-order valence-corrected chi connectivity index (χ4v) is 2.86. The van der Waals surface area contributed by atoms with Gasteiger partial charge in [-0.25, -0.2) is 4.68 Å². The maximum absolute atomic E-state index is 12.9. The van der Waals surface area contributed by atoms with Crippen molar-refractivity contribution in [1.29, 1.82) is 0 Å². The summed E-state index contributed by atoms with van der Waals surface area (Å²) >= 11 is 3.42. The van der Waals surface area contributed by atoms with Crippen LogP contribution >= 0.6 is 15.9 Å². The van der Waals surface area contributed by atoms with E-state index in [-0.39, 0.29) is 11.1 Å². The molecule has 0 spiro atoms. The van der Waals surface area contributed by atoms with E-state index in [1.165, 1.54) is 4.68 Å². The molecule has 0 aliphatic rings. The molecule has 0 amide bonds. The van der Waals surface area contributed by atoms with Crippen molar-refractivity contribution in [2.75, 3.05) is 0 Å². The summed E-state index contributed by atoms with van der Waals surface area (Å²) in [6.07, 6.45) is 1.73. The fraction of sp³-hybridized carbons (Fsp3) is 0.353. The van der Waals surface area contributed by atoms with Gasteiger partial charge in [-0.2, -0.15) is 10.2 Å². The van der Waals surface area contributed by atoms with E-state index in [1.807, 2.05) is 52.0 Å². The standard InChI is InChI=1S/C17H19BrN4O/c1-11-14-9-19-22(17(2,3)4)15(14)16(23)21(20-11)10-12-5-7-13(18)8-6-12/h5-9H,10H2,1-4H3. The van der Waals surface area contributed by atoms with E-state index < -0.39 is 0 Å². The first kappa shape index (κ1) is 15.9. The molecule has 3 aromatic rings. The number of nitrogens with zero attached hydrogens (tertiary/aromatic N) is 4. The van der Waals surface area contributed by atoms with Crippen LogP contribution in [0.15, 0.2) is 39.7 Å². The van der Waals surface area contributed by atoms with Crippen LogP contribution < -0.4 is 5.56 Å². The van der Waals surface area contributed by atoms with Gasteiger partial charge in [-0.05, 0) is 45.4 Å². The Morgan fingerprint density at radius 3 is 2.43 bits per heavy atom. The van der Waals surface area contributed by atoms with Gasteiger partial charge in [-0.1, -0.05) is 28.1 Å². The minimum atomic E-state index is -0.260. The zero-order valence-corrected chi connectivity index (χ0v) is 15.3. The van der Waals surface area contributed by atoms with E-state index >= 15 is 0 Å². The summed E-state index contributed by atoms with van der Waals surface area (Å²) in [6, 6.07) is 7.90. The summed E-state index contributed by atoms with van der Waals surface area (Å²) in [5.41, 5.74) is 2.09. The maximum atomic E-state index is 12.9. The Morgan fingerprint density at radius 1 is 1.17 bits per heavy atom. The topological polar surface area (TPSA) is 52.7 Å². The average Bonchev–Trinajstić information content (AvgIpc) is 2.92. The molecule has 0 aliphatic heterocycles. The highest BCUT2D eigenvalue weighted by molar-refractivity contribution is 9.10. The Hall–Kier alpha value is -1.95. The molecule has 5 nitrogen and oxygen atoms in total. The molecule has 0 fully saturated rings. The van der Waals surface area contributed by atoms with Crippen LogP contribution in [0.3, 0.4) is 0 Å². The number of benzene rings is 1. The van der Waals surface area contributed by atoms with E-state index in [2.05, 4.69) is 26.1 Å². The van der Waals surface area contributed by atoms with Gasteiger partial charge >= 0.3 is 0 Å². The van der Waals surface area contributed by atoms with E-state index in [4.69, 9.17) is 0 Å². The predicted octanol–water partition coefficient (Wildman–Crippen LogP) is 3.47.